The number of hydrogen-bond acceptors (Lipinski definition) is 4. The Hall–Kier alpha value is -1.40. The molecular weight excluding hydrogens is 256 g/mol. The van der Waals surface area contributed by atoms with Crippen molar-refractivity contribution in [3.8, 4) is 0 Å². The molecule has 1 saturated heterocycles. The summed E-state index contributed by atoms with van der Waals surface area (Å²) in [5, 5.41) is 13.1. The molecule has 1 N–H and O–H groups in total. The number of rotatable bonds is 5. The highest BCUT2D eigenvalue weighted by Gasteiger charge is 2.24. The molecule has 0 aliphatic carbocycles. The van der Waals surface area contributed by atoms with E-state index in [1.165, 1.54) is 5.56 Å². The van der Waals surface area contributed by atoms with Gasteiger partial charge in [-0.3, -0.25) is 14.4 Å². The third kappa shape index (κ3) is 3.58. The van der Waals surface area contributed by atoms with E-state index in [0.29, 0.717) is 12.6 Å². The van der Waals surface area contributed by atoms with E-state index >= 15 is 0 Å². The summed E-state index contributed by atoms with van der Waals surface area (Å²) in [6, 6.07) is 0.366. The van der Waals surface area contributed by atoms with Gasteiger partial charge in [-0.15, -0.1) is 0 Å². The van der Waals surface area contributed by atoms with Gasteiger partial charge in [0.15, 0.2) is 0 Å². The molecule has 1 aromatic rings. The van der Waals surface area contributed by atoms with Gasteiger partial charge in [-0.2, -0.15) is 5.10 Å². The molecule has 6 heteroatoms. The number of carboxylic acid groups (broad SMARTS) is 1. The van der Waals surface area contributed by atoms with E-state index in [1.807, 2.05) is 11.7 Å². The molecule has 2 heterocycles. The largest absolute Gasteiger partial charge is 0.481 e. The van der Waals surface area contributed by atoms with Crippen LogP contribution in [0.15, 0.2) is 6.20 Å². The lowest BCUT2D eigenvalue weighted by Gasteiger charge is -2.37. The number of aryl methyl sites for hydroxylation is 2. The van der Waals surface area contributed by atoms with Gasteiger partial charge >= 0.3 is 5.97 Å². The summed E-state index contributed by atoms with van der Waals surface area (Å²) in [7, 11) is 1.95. The molecule has 1 aliphatic heterocycles. The lowest BCUT2D eigenvalue weighted by molar-refractivity contribution is -0.137. The average molecular weight is 280 g/mol. The Morgan fingerprint density at radius 2 is 2.05 bits per heavy atom. The minimum absolute atomic E-state index is 0.233. The van der Waals surface area contributed by atoms with Gasteiger partial charge in [0.2, 0.25) is 0 Å². The van der Waals surface area contributed by atoms with E-state index < -0.39 is 5.97 Å². The van der Waals surface area contributed by atoms with Gasteiger partial charge in [0, 0.05) is 57.6 Å². The van der Waals surface area contributed by atoms with Crippen molar-refractivity contribution >= 4 is 5.97 Å². The molecule has 1 aromatic heterocycles. The zero-order valence-corrected chi connectivity index (χ0v) is 12.5. The molecule has 0 aromatic carbocycles. The first-order valence-corrected chi connectivity index (χ1v) is 7.15. The number of piperazine rings is 1. The van der Waals surface area contributed by atoms with Crippen LogP contribution in [0.3, 0.4) is 0 Å². The van der Waals surface area contributed by atoms with Gasteiger partial charge in [-0.1, -0.05) is 0 Å². The summed E-state index contributed by atoms with van der Waals surface area (Å²) in [4.78, 5) is 15.3. The van der Waals surface area contributed by atoms with Crippen LogP contribution in [0.1, 0.15) is 30.6 Å². The number of aromatic nitrogens is 2. The van der Waals surface area contributed by atoms with Crippen LogP contribution in [-0.4, -0.2) is 63.4 Å². The number of carboxylic acids is 1. The Kier molecular flexibility index (Phi) is 4.77. The third-order valence-electron chi connectivity index (χ3n) is 4.10. The minimum Gasteiger partial charge on any atom is -0.481 e. The van der Waals surface area contributed by atoms with E-state index in [4.69, 9.17) is 5.11 Å². The Morgan fingerprint density at radius 3 is 2.55 bits per heavy atom. The first-order valence-electron chi connectivity index (χ1n) is 7.15. The molecule has 0 spiro atoms. The highest BCUT2D eigenvalue weighted by atomic mass is 16.4. The van der Waals surface area contributed by atoms with Crippen molar-refractivity contribution in [2.75, 3.05) is 32.7 Å². The molecular formula is C14H24N4O2. The Balaban J connectivity index is 1.87. The molecule has 1 fully saturated rings. The maximum absolute atomic E-state index is 10.6. The molecule has 0 amide bonds. The van der Waals surface area contributed by atoms with Crippen molar-refractivity contribution in [2.45, 2.75) is 26.3 Å². The molecule has 1 atom stereocenters. The molecule has 0 saturated carbocycles. The number of hydrogen-bond donors (Lipinski definition) is 1. The molecule has 1 aliphatic rings. The summed E-state index contributed by atoms with van der Waals surface area (Å²) in [5.74, 6) is -0.716. The van der Waals surface area contributed by atoms with Crippen molar-refractivity contribution in [1.82, 2.24) is 19.6 Å². The predicted molar refractivity (Wildman–Crippen MR) is 76.6 cm³/mol. The van der Waals surface area contributed by atoms with Crippen LogP contribution in [0.5, 0.6) is 0 Å². The Bertz CT molecular complexity index is 464. The second-order valence-electron chi connectivity index (χ2n) is 5.54. The van der Waals surface area contributed by atoms with Crippen molar-refractivity contribution in [3.63, 3.8) is 0 Å². The molecule has 6 nitrogen and oxygen atoms in total. The van der Waals surface area contributed by atoms with Crippen molar-refractivity contribution in [1.29, 1.82) is 0 Å². The molecule has 20 heavy (non-hydrogen) atoms. The van der Waals surface area contributed by atoms with Crippen molar-refractivity contribution in [2.24, 2.45) is 7.05 Å². The second kappa shape index (κ2) is 6.37. The van der Waals surface area contributed by atoms with Crippen LogP contribution in [0, 0.1) is 6.92 Å². The SMILES string of the molecule is Cc1nn(C)cc1C(C)N1CCN(CCC(=O)O)CC1. The first-order chi connectivity index (χ1) is 9.47. The first kappa shape index (κ1) is 15.0. The summed E-state index contributed by atoms with van der Waals surface area (Å²) < 4.78 is 1.87. The molecule has 0 bridgehead atoms. The zero-order chi connectivity index (χ0) is 14.7. The monoisotopic (exact) mass is 280 g/mol. The lowest BCUT2D eigenvalue weighted by atomic mass is 10.1. The third-order valence-corrected chi connectivity index (χ3v) is 4.10. The van der Waals surface area contributed by atoms with Gasteiger partial charge in [0.25, 0.3) is 0 Å². The van der Waals surface area contributed by atoms with Crippen LogP contribution in [0.4, 0.5) is 0 Å². The highest BCUT2D eigenvalue weighted by molar-refractivity contribution is 5.66. The summed E-state index contributed by atoms with van der Waals surface area (Å²) in [6.45, 7) is 8.77. The quantitative estimate of drug-likeness (QED) is 0.867. The van der Waals surface area contributed by atoms with Crippen LogP contribution >= 0.6 is 0 Å². The van der Waals surface area contributed by atoms with E-state index in [0.717, 1.165) is 31.9 Å². The van der Waals surface area contributed by atoms with Gasteiger partial charge in [0.05, 0.1) is 12.1 Å². The van der Waals surface area contributed by atoms with Gasteiger partial charge in [-0.25, -0.2) is 0 Å². The standard InChI is InChI=1S/C14H24N4O2/c1-11-13(10-16(3)15-11)12(2)18-8-6-17(7-9-18)5-4-14(19)20/h10,12H,4-9H2,1-3H3,(H,19,20). The van der Waals surface area contributed by atoms with Crippen LogP contribution in [0.2, 0.25) is 0 Å². The fraction of sp³-hybridized carbons (Fsp3) is 0.714. The normalized spacial score (nSPS) is 19.1. The lowest BCUT2D eigenvalue weighted by Crippen LogP contribution is -2.47. The summed E-state index contributed by atoms with van der Waals surface area (Å²) >= 11 is 0. The number of nitrogens with zero attached hydrogens (tertiary/aromatic N) is 4. The zero-order valence-electron chi connectivity index (χ0n) is 12.5. The average Bonchev–Trinajstić information content (AvgIpc) is 2.75. The van der Waals surface area contributed by atoms with Gasteiger partial charge < -0.3 is 10.0 Å². The van der Waals surface area contributed by atoms with Gasteiger partial charge in [0.1, 0.15) is 0 Å². The second-order valence-corrected chi connectivity index (χ2v) is 5.54. The maximum Gasteiger partial charge on any atom is 0.304 e. The summed E-state index contributed by atoms with van der Waals surface area (Å²) in [5.41, 5.74) is 2.37. The maximum atomic E-state index is 10.6. The van der Waals surface area contributed by atoms with E-state index in [9.17, 15) is 4.79 Å². The predicted octanol–water partition coefficient (Wildman–Crippen LogP) is 0.882. The van der Waals surface area contributed by atoms with Crippen LogP contribution in [-0.2, 0) is 11.8 Å². The van der Waals surface area contributed by atoms with E-state index in [-0.39, 0.29) is 6.42 Å². The molecule has 112 valence electrons. The van der Waals surface area contributed by atoms with Gasteiger partial charge in [-0.05, 0) is 13.8 Å². The van der Waals surface area contributed by atoms with Crippen LogP contribution < -0.4 is 0 Å². The number of aliphatic carboxylic acids is 1. The Morgan fingerprint density at radius 1 is 1.40 bits per heavy atom. The van der Waals surface area contributed by atoms with Crippen molar-refractivity contribution < 1.29 is 9.90 Å². The Labute approximate surface area is 120 Å². The minimum atomic E-state index is -0.716. The molecule has 0 radical (unpaired) electrons. The fourth-order valence-corrected chi connectivity index (χ4v) is 2.85. The van der Waals surface area contributed by atoms with Crippen molar-refractivity contribution in [3.05, 3.63) is 17.5 Å². The summed E-state index contributed by atoms with van der Waals surface area (Å²) in [6.07, 6.45) is 2.33. The molecule has 2 rings (SSSR count). The molecule has 1 unspecified atom stereocenters. The van der Waals surface area contributed by atoms with Crippen LogP contribution in [0.25, 0.3) is 0 Å². The fourth-order valence-electron chi connectivity index (χ4n) is 2.85. The smallest absolute Gasteiger partial charge is 0.304 e. The number of carbonyl (C=O) groups is 1. The van der Waals surface area contributed by atoms with E-state index in [1.54, 1.807) is 0 Å². The van der Waals surface area contributed by atoms with E-state index in [2.05, 4.69) is 34.9 Å². The topological polar surface area (TPSA) is 61.6 Å². The highest BCUT2D eigenvalue weighted by Crippen LogP contribution is 2.23.